The van der Waals surface area contributed by atoms with Gasteiger partial charge >= 0.3 is 157 Å². The molecule has 1 N–H and O–H groups in total. The molecule has 0 saturated carbocycles. The first-order chi connectivity index (χ1) is 11.9. The number of rotatable bonds is 8. The molecule has 2 rings (SSSR count). The fourth-order valence-electron chi connectivity index (χ4n) is 2.20. The van der Waals surface area contributed by atoms with Crippen molar-refractivity contribution in [2.75, 3.05) is 27.2 Å². The second kappa shape index (κ2) is 9.20. The van der Waals surface area contributed by atoms with Crippen LogP contribution in [0.25, 0.3) is 0 Å². The molecule has 0 radical (unpaired) electrons. The first kappa shape index (κ1) is 19.7. The van der Waals surface area contributed by atoms with Crippen LogP contribution in [-0.2, 0) is 9.84 Å². The van der Waals surface area contributed by atoms with E-state index in [4.69, 9.17) is 0 Å². The summed E-state index contributed by atoms with van der Waals surface area (Å²) in [5.41, 5.74) is 1.04. The van der Waals surface area contributed by atoms with Gasteiger partial charge in [0.25, 0.3) is 0 Å². The van der Waals surface area contributed by atoms with Gasteiger partial charge in [-0.2, -0.15) is 0 Å². The van der Waals surface area contributed by atoms with E-state index in [2.05, 4.69) is 5.32 Å². The summed E-state index contributed by atoms with van der Waals surface area (Å²) in [5.74, 6) is 0. The molecule has 0 unspecified atom stereocenters. The van der Waals surface area contributed by atoms with Gasteiger partial charge in [-0.05, 0) is 0 Å². The summed E-state index contributed by atoms with van der Waals surface area (Å²) in [5, 5.41) is 3.44. The molecule has 2 aromatic rings. The summed E-state index contributed by atoms with van der Waals surface area (Å²) in [6, 6.07) is 17.0. The van der Waals surface area contributed by atoms with E-state index < -0.39 is 9.84 Å². The monoisotopic (exact) mass is 424 g/mol. The quantitative estimate of drug-likeness (QED) is 0.658. The zero-order chi connectivity index (χ0) is 18.3. The molecule has 134 valence electrons. The summed E-state index contributed by atoms with van der Waals surface area (Å²) in [6.45, 7) is 3.29. The van der Waals surface area contributed by atoms with Gasteiger partial charge in [0.05, 0.1) is 0 Å². The van der Waals surface area contributed by atoms with E-state index >= 15 is 0 Å². The zero-order valence-electron chi connectivity index (χ0n) is 14.8. The summed E-state index contributed by atoms with van der Waals surface area (Å²) in [4.78, 5) is 4.02. The van der Waals surface area contributed by atoms with Crippen LogP contribution in [0.2, 0.25) is 0 Å². The molecule has 0 aromatic heterocycles. The Labute approximate surface area is 157 Å². The van der Waals surface area contributed by atoms with E-state index in [0.717, 1.165) is 16.6 Å². The van der Waals surface area contributed by atoms with E-state index in [1.54, 1.807) is 12.1 Å². The SMILES string of the molecule is CNCCN(C)/C(=C\[Se]c1ccccc1)S(=O)(=O)c1ccc(C)cc1. The second-order valence-corrected chi connectivity index (χ2v) is 9.60. The van der Waals surface area contributed by atoms with Crippen LogP contribution in [0.5, 0.6) is 0 Å². The molecule has 0 aliphatic carbocycles. The standard InChI is InChI=1S/C19H24N2O2SSe/c1-16-9-11-17(12-10-16)24(22,23)19(21(3)14-13-20-2)15-25-18-7-5-4-6-8-18/h4-12,15,20H,13-14H2,1-3H3/b19-15+. The van der Waals surface area contributed by atoms with E-state index in [1.807, 2.05) is 73.4 Å². The van der Waals surface area contributed by atoms with Crippen molar-refractivity contribution >= 4 is 29.3 Å². The van der Waals surface area contributed by atoms with Crippen LogP contribution in [0.1, 0.15) is 5.56 Å². The summed E-state index contributed by atoms with van der Waals surface area (Å²) in [7, 11) is 0.147. The predicted molar refractivity (Wildman–Crippen MR) is 105 cm³/mol. The van der Waals surface area contributed by atoms with Crippen LogP contribution in [0.4, 0.5) is 0 Å². The Hall–Kier alpha value is -1.59. The van der Waals surface area contributed by atoms with E-state index in [9.17, 15) is 8.42 Å². The number of benzene rings is 2. The van der Waals surface area contributed by atoms with Gasteiger partial charge in [0.1, 0.15) is 0 Å². The molecule has 0 bridgehead atoms. The molecule has 0 heterocycles. The van der Waals surface area contributed by atoms with Crippen molar-refractivity contribution in [3.8, 4) is 0 Å². The van der Waals surface area contributed by atoms with Crippen molar-refractivity contribution in [1.82, 2.24) is 10.2 Å². The molecule has 2 aromatic carbocycles. The number of likely N-dealkylation sites (N-methyl/N-ethyl adjacent to an activating group) is 2. The van der Waals surface area contributed by atoms with Gasteiger partial charge in [0.15, 0.2) is 0 Å². The Morgan fingerprint density at radius 2 is 1.76 bits per heavy atom. The average molecular weight is 423 g/mol. The molecule has 0 saturated heterocycles. The van der Waals surface area contributed by atoms with Crippen molar-refractivity contribution < 1.29 is 8.42 Å². The summed E-state index contributed by atoms with van der Waals surface area (Å²) in [6.07, 6.45) is 0. The Morgan fingerprint density at radius 1 is 1.12 bits per heavy atom. The molecule has 0 fully saturated rings. The molecule has 0 amide bonds. The normalized spacial score (nSPS) is 12.2. The van der Waals surface area contributed by atoms with Crippen LogP contribution < -0.4 is 9.78 Å². The van der Waals surface area contributed by atoms with Crippen LogP contribution in [0, 0.1) is 6.92 Å². The third kappa shape index (κ3) is 5.44. The molecular weight excluding hydrogens is 399 g/mol. The van der Waals surface area contributed by atoms with Crippen LogP contribution in [-0.4, -0.2) is 55.5 Å². The summed E-state index contributed by atoms with van der Waals surface area (Å²) < 4.78 is 27.4. The van der Waals surface area contributed by atoms with E-state index in [1.165, 1.54) is 0 Å². The van der Waals surface area contributed by atoms with Gasteiger partial charge in [-0.1, -0.05) is 0 Å². The minimum atomic E-state index is -3.54. The van der Waals surface area contributed by atoms with Gasteiger partial charge in [-0.3, -0.25) is 0 Å². The Kier molecular flexibility index (Phi) is 7.26. The molecule has 25 heavy (non-hydrogen) atoms. The topological polar surface area (TPSA) is 49.4 Å². The maximum atomic E-state index is 13.1. The molecule has 4 nitrogen and oxygen atoms in total. The van der Waals surface area contributed by atoms with Gasteiger partial charge in [-0.15, -0.1) is 0 Å². The zero-order valence-corrected chi connectivity index (χ0v) is 17.3. The predicted octanol–water partition coefficient (Wildman–Crippen LogP) is 1.75. The fraction of sp³-hybridized carbons (Fsp3) is 0.263. The first-order valence-corrected chi connectivity index (χ1v) is 11.4. The third-order valence-electron chi connectivity index (χ3n) is 3.72. The van der Waals surface area contributed by atoms with Crippen molar-refractivity contribution in [1.29, 1.82) is 0 Å². The Balaban J connectivity index is 2.37. The maximum absolute atomic E-state index is 13.1. The first-order valence-electron chi connectivity index (χ1n) is 8.04. The van der Waals surface area contributed by atoms with Crippen LogP contribution in [0.15, 0.2) is 69.5 Å². The van der Waals surface area contributed by atoms with Crippen molar-refractivity contribution in [2.24, 2.45) is 0 Å². The van der Waals surface area contributed by atoms with Gasteiger partial charge in [-0.25, -0.2) is 0 Å². The second-order valence-electron chi connectivity index (χ2n) is 5.73. The number of nitrogens with one attached hydrogen (secondary N) is 1. The fourth-order valence-corrected chi connectivity index (χ4v) is 6.15. The third-order valence-corrected chi connectivity index (χ3v) is 7.79. The summed E-state index contributed by atoms with van der Waals surface area (Å²) >= 11 is -0.0533. The van der Waals surface area contributed by atoms with Gasteiger partial charge in [0, 0.05) is 0 Å². The molecule has 0 spiro atoms. The van der Waals surface area contributed by atoms with Crippen molar-refractivity contribution in [3.05, 3.63) is 70.2 Å². The minimum absolute atomic E-state index is 0.0533. The molecule has 0 aliphatic heterocycles. The van der Waals surface area contributed by atoms with Crippen molar-refractivity contribution in [2.45, 2.75) is 11.8 Å². The average Bonchev–Trinajstić information content (AvgIpc) is 2.61. The number of hydrogen-bond acceptors (Lipinski definition) is 4. The number of aryl methyl sites for hydroxylation is 1. The number of sulfone groups is 1. The van der Waals surface area contributed by atoms with E-state index in [0.29, 0.717) is 16.5 Å². The molecule has 0 aliphatic rings. The number of nitrogens with zero attached hydrogens (tertiary/aromatic N) is 1. The Morgan fingerprint density at radius 3 is 2.36 bits per heavy atom. The van der Waals surface area contributed by atoms with Crippen LogP contribution >= 0.6 is 0 Å². The van der Waals surface area contributed by atoms with Crippen molar-refractivity contribution in [3.63, 3.8) is 0 Å². The number of hydrogen-bond donors (Lipinski definition) is 1. The molecule has 6 heteroatoms. The van der Waals surface area contributed by atoms with Gasteiger partial charge in [0.2, 0.25) is 0 Å². The molecule has 0 atom stereocenters. The van der Waals surface area contributed by atoms with Crippen LogP contribution in [0.3, 0.4) is 0 Å². The Bertz CT molecular complexity index is 803. The van der Waals surface area contributed by atoms with Gasteiger partial charge < -0.3 is 0 Å². The van der Waals surface area contributed by atoms with E-state index in [-0.39, 0.29) is 15.0 Å². The molecular formula is C19H24N2O2SSe.